The predicted molar refractivity (Wildman–Crippen MR) is 69.6 cm³/mol. The molecule has 1 heterocycles. The quantitative estimate of drug-likeness (QED) is 0.894. The standard InChI is InChI=1S/C11H16Cl2N4/c12-9-10(15-11(13)17-16-9)14-8-6-4-2-1-3-5-7-8/h8H,1-7H2,(H,14,15,17). The molecule has 1 aliphatic carbocycles. The first-order chi connectivity index (χ1) is 8.25. The summed E-state index contributed by atoms with van der Waals surface area (Å²) in [4.78, 5) is 4.07. The SMILES string of the molecule is Clc1nnc(Cl)c(NC2CCCCCCC2)n1. The average Bonchev–Trinajstić information content (AvgIpc) is 2.27. The first kappa shape index (κ1) is 12.8. The van der Waals surface area contributed by atoms with Gasteiger partial charge < -0.3 is 5.32 Å². The zero-order chi connectivity index (χ0) is 12.1. The van der Waals surface area contributed by atoms with Crippen LogP contribution in [-0.4, -0.2) is 21.2 Å². The van der Waals surface area contributed by atoms with Gasteiger partial charge >= 0.3 is 0 Å². The zero-order valence-corrected chi connectivity index (χ0v) is 11.1. The molecule has 1 aromatic heterocycles. The Labute approximate surface area is 111 Å². The molecule has 0 radical (unpaired) electrons. The van der Waals surface area contributed by atoms with Crippen LogP contribution in [-0.2, 0) is 0 Å². The maximum Gasteiger partial charge on any atom is 0.245 e. The Bertz CT molecular complexity index is 364. The smallest absolute Gasteiger partial charge is 0.245 e. The lowest BCUT2D eigenvalue weighted by atomic mass is 9.97. The summed E-state index contributed by atoms with van der Waals surface area (Å²) in [6.07, 6.45) is 8.79. The van der Waals surface area contributed by atoms with E-state index in [0.29, 0.717) is 11.9 Å². The molecule has 1 saturated carbocycles. The van der Waals surface area contributed by atoms with Gasteiger partial charge in [-0.1, -0.05) is 43.7 Å². The van der Waals surface area contributed by atoms with Crippen LogP contribution in [0.5, 0.6) is 0 Å². The summed E-state index contributed by atoms with van der Waals surface area (Å²) in [6.45, 7) is 0. The molecule has 2 rings (SSSR count). The fourth-order valence-corrected chi connectivity index (χ4v) is 2.44. The summed E-state index contributed by atoms with van der Waals surface area (Å²) in [5.74, 6) is 0.553. The van der Waals surface area contributed by atoms with Crippen molar-refractivity contribution >= 4 is 29.0 Å². The molecule has 0 unspecified atom stereocenters. The van der Waals surface area contributed by atoms with Gasteiger partial charge in [-0.15, -0.1) is 10.2 Å². The van der Waals surface area contributed by atoms with Crippen molar-refractivity contribution in [2.24, 2.45) is 0 Å². The lowest BCUT2D eigenvalue weighted by Crippen LogP contribution is -2.21. The predicted octanol–water partition coefficient (Wildman–Crippen LogP) is 3.70. The second-order valence-corrected chi connectivity index (χ2v) is 5.10. The van der Waals surface area contributed by atoms with Crippen molar-refractivity contribution in [3.8, 4) is 0 Å². The van der Waals surface area contributed by atoms with Gasteiger partial charge in [0.15, 0.2) is 11.0 Å². The Balaban J connectivity index is 2.00. The van der Waals surface area contributed by atoms with Crippen LogP contribution in [0.2, 0.25) is 10.4 Å². The largest absolute Gasteiger partial charge is 0.365 e. The van der Waals surface area contributed by atoms with Crippen LogP contribution in [0.4, 0.5) is 5.82 Å². The number of anilines is 1. The highest BCUT2D eigenvalue weighted by atomic mass is 35.5. The van der Waals surface area contributed by atoms with Crippen LogP contribution < -0.4 is 5.32 Å². The maximum atomic E-state index is 5.93. The molecule has 0 amide bonds. The molecule has 0 spiro atoms. The van der Waals surface area contributed by atoms with Crippen LogP contribution in [0.1, 0.15) is 44.9 Å². The molecule has 94 valence electrons. The minimum atomic E-state index is 0.128. The molecule has 6 heteroatoms. The number of aromatic nitrogens is 3. The Morgan fingerprint density at radius 2 is 1.59 bits per heavy atom. The molecular formula is C11H16Cl2N4. The van der Waals surface area contributed by atoms with Crippen LogP contribution in [0.15, 0.2) is 0 Å². The van der Waals surface area contributed by atoms with Crippen molar-refractivity contribution in [3.05, 3.63) is 10.4 Å². The third-order valence-electron chi connectivity index (χ3n) is 3.07. The van der Waals surface area contributed by atoms with Crippen LogP contribution >= 0.6 is 23.2 Å². The Kier molecular flexibility index (Phi) is 4.80. The maximum absolute atomic E-state index is 5.93. The van der Waals surface area contributed by atoms with Crippen molar-refractivity contribution < 1.29 is 0 Å². The average molecular weight is 275 g/mol. The summed E-state index contributed by atoms with van der Waals surface area (Å²) in [5.41, 5.74) is 0. The lowest BCUT2D eigenvalue weighted by molar-refractivity contribution is 0.470. The van der Waals surface area contributed by atoms with Crippen molar-refractivity contribution in [3.63, 3.8) is 0 Å². The molecule has 1 N–H and O–H groups in total. The number of nitrogens with one attached hydrogen (secondary N) is 1. The summed E-state index contributed by atoms with van der Waals surface area (Å²) in [6, 6.07) is 0.417. The van der Waals surface area contributed by atoms with Crippen molar-refractivity contribution in [2.45, 2.75) is 51.0 Å². The molecule has 0 bridgehead atoms. The van der Waals surface area contributed by atoms with Crippen molar-refractivity contribution in [2.75, 3.05) is 5.32 Å². The van der Waals surface area contributed by atoms with Gasteiger partial charge in [0.25, 0.3) is 0 Å². The van der Waals surface area contributed by atoms with E-state index in [4.69, 9.17) is 23.2 Å². The van der Waals surface area contributed by atoms with Crippen molar-refractivity contribution in [1.29, 1.82) is 0 Å². The van der Waals surface area contributed by atoms with Gasteiger partial charge in [-0.05, 0) is 24.4 Å². The topological polar surface area (TPSA) is 50.7 Å². The molecule has 0 saturated heterocycles. The molecule has 1 aliphatic rings. The lowest BCUT2D eigenvalue weighted by Gasteiger charge is -2.21. The summed E-state index contributed by atoms with van der Waals surface area (Å²) >= 11 is 11.6. The highest BCUT2D eigenvalue weighted by Crippen LogP contribution is 2.23. The number of rotatable bonds is 2. The monoisotopic (exact) mass is 274 g/mol. The molecular weight excluding hydrogens is 259 g/mol. The van der Waals surface area contributed by atoms with Gasteiger partial charge in [-0.2, -0.15) is 4.98 Å². The Morgan fingerprint density at radius 1 is 0.941 bits per heavy atom. The fourth-order valence-electron chi connectivity index (χ4n) is 2.18. The zero-order valence-electron chi connectivity index (χ0n) is 9.62. The Hall–Kier alpha value is -0.610. The van der Waals surface area contributed by atoms with E-state index in [1.54, 1.807) is 0 Å². The molecule has 4 nitrogen and oxygen atoms in total. The minimum absolute atomic E-state index is 0.128. The summed E-state index contributed by atoms with van der Waals surface area (Å²) < 4.78 is 0. The van der Waals surface area contributed by atoms with E-state index in [0.717, 1.165) is 12.8 Å². The van der Waals surface area contributed by atoms with E-state index in [1.807, 2.05) is 0 Å². The molecule has 0 aromatic carbocycles. The first-order valence-electron chi connectivity index (χ1n) is 6.08. The third-order valence-corrected chi connectivity index (χ3v) is 3.48. The Morgan fingerprint density at radius 3 is 2.29 bits per heavy atom. The van der Waals surface area contributed by atoms with Gasteiger partial charge in [-0.25, -0.2) is 0 Å². The van der Waals surface area contributed by atoms with Crippen molar-refractivity contribution in [1.82, 2.24) is 15.2 Å². The molecule has 17 heavy (non-hydrogen) atoms. The van der Waals surface area contributed by atoms with Gasteiger partial charge in [-0.3, -0.25) is 0 Å². The highest BCUT2D eigenvalue weighted by Gasteiger charge is 2.14. The number of nitrogens with zero attached hydrogens (tertiary/aromatic N) is 3. The highest BCUT2D eigenvalue weighted by molar-refractivity contribution is 6.32. The number of hydrogen-bond acceptors (Lipinski definition) is 4. The van der Waals surface area contributed by atoms with E-state index >= 15 is 0 Å². The molecule has 0 aliphatic heterocycles. The van der Waals surface area contributed by atoms with Crippen LogP contribution in [0.3, 0.4) is 0 Å². The molecule has 1 aromatic rings. The third kappa shape index (κ3) is 3.96. The van der Waals surface area contributed by atoms with Gasteiger partial charge in [0, 0.05) is 6.04 Å². The van der Waals surface area contributed by atoms with E-state index in [1.165, 1.54) is 32.1 Å². The second-order valence-electron chi connectivity index (χ2n) is 4.41. The normalized spacial score (nSPS) is 18.5. The second kappa shape index (κ2) is 6.36. The van der Waals surface area contributed by atoms with Crippen LogP contribution in [0.25, 0.3) is 0 Å². The van der Waals surface area contributed by atoms with Crippen LogP contribution in [0, 0.1) is 0 Å². The van der Waals surface area contributed by atoms with E-state index in [2.05, 4.69) is 20.5 Å². The molecule has 0 atom stereocenters. The number of hydrogen-bond donors (Lipinski definition) is 1. The van der Waals surface area contributed by atoms with Gasteiger partial charge in [0.05, 0.1) is 0 Å². The van der Waals surface area contributed by atoms with Gasteiger partial charge in [0.1, 0.15) is 0 Å². The van der Waals surface area contributed by atoms with Gasteiger partial charge in [0.2, 0.25) is 5.28 Å². The van der Waals surface area contributed by atoms with E-state index < -0.39 is 0 Å². The van der Waals surface area contributed by atoms with E-state index in [9.17, 15) is 0 Å². The minimum Gasteiger partial charge on any atom is -0.365 e. The molecule has 1 fully saturated rings. The van der Waals surface area contributed by atoms with E-state index in [-0.39, 0.29) is 10.4 Å². The summed E-state index contributed by atoms with van der Waals surface area (Å²) in [5, 5.41) is 11.1. The number of halogens is 2. The first-order valence-corrected chi connectivity index (χ1v) is 6.83. The fraction of sp³-hybridized carbons (Fsp3) is 0.727. The summed E-state index contributed by atoms with van der Waals surface area (Å²) in [7, 11) is 0.